The molecule has 14 heavy (non-hydrogen) atoms. The van der Waals surface area contributed by atoms with E-state index < -0.39 is 24.1 Å². The molecule has 0 aliphatic carbocycles. The van der Waals surface area contributed by atoms with E-state index in [-0.39, 0.29) is 18.1 Å². The second-order valence-corrected chi connectivity index (χ2v) is 7.04. The van der Waals surface area contributed by atoms with Gasteiger partial charge in [-0.15, -0.1) is 0 Å². The maximum atomic E-state index is 11.2. The van der Waals surface area contributed by atoms with Gasteiger partial charge in [-0.2, -0.15) is 0 Å². The third kappa shape index (κ3) is 3.12. The van der Waals surface area contributed by atoms with E-state index in [4.69, 9.17) is 9.05 Å². The van der Waals surface area contributed by atoms with E-state index in [1.54, 1.807) is 6.92 Å². The van der Waals surface area contributed by atoms with Crippen LogP contribution < -0.4 is 0 Å². The van der Waals surface area contributed by atoms with Gasteiger partial charge in [0, 0.05) is 12.9 Å². The zero-order valence-electron chi connectivity index (χ0n) is 8.04. The van der Waals surface area contributed by atoms with Gasteiger partial charge in [-0.3, -0.25) is 9.05 Å². The van der Waals surface area contributed by atoms with Crippen LogP contribution in [0.15, 0.2) is 0 Å². The molecule has 0 saturated carbocycles. The molecule has 6 nitrogen and oxygen atoms in total. The highest BCUT2D eigenvalue weighted by Crippen LogP contribution is 2.62. The number of rotatable bonds is 4. The fourth-order valence-electron chi connectivity index (χ4n) is 1.00. The molecule has 0 spiro atoms. The Morgan fingerprint density at radius 1 is 1.64 bits per heavy atom. The van der Waals surface area contributed by atoms with E-state index in [9.17, 15) is 13.3 Å². The standard InChI is InChI=1S/C6H14O6PS/c1-3-14(8,9)5-6-4-11-13(7,10-2)12-6/h6-7H,3-5H2,1-2H3. The minimum absolute atomic E-state index is 0.0523. The zero-order valence-corrected chi connectivity index (χ0v) is 9.75. The Morgan fingerprint density at radius 3 is 2.71 bits per heavy atom. The molecule has 1 aliphatic heterocycles. The fourth-order valence-corrected chi connectivity index (χ4v) is 3.19. The van der Waals surface area contributed by atoms with Crippen molar-refractivity contribution in [2.24, 2.45) is 0 Å². The van der Waals surface area contributed by atoms with Crippen LogP contribution in [0.25, 0.3) is 0 Å². The lowest BCUT2D eigenvalue weighted by atomic mass is 10.4. The van der Waals surface area contributed by atoms with Crippen molar-refractivity contribution in [1.82, 2.24) is 0 Å². The third-order valence-electron chi connectivity index (χ3n) is 1.82. The lowest BCUT2D eigenvalue weighted by Gasteiger charge is -2.18. The quantitative estimate of drug-likeness (QED) is 0.710. The van der Waals surface area contributed by atoms with Crippen molar-refractivity contribution < 1.29 is 26.9 Å². The molecular weight excluding hydrogens is 231 g/mol. The second-order valence-electron chi connectivity index (χ2n) is 2.87. The van der Waals surface area contributed by atoms with E-state index >= 15 is 0 Å². The summed E-state index contributed by atoms with van der Waals surface area (Å²) < 4.78 is 36.9. The highest BCUT2D eigenvalue weighted by atomic mass is 32.2. The molecule has 8 heteroatoms. The predicted molar refractivity (Wildman–Crippen MR) is 51.3 cm³/mol. The molecule has 0 amide bonds. The molecule has 1 radical (unpaired) electrons. The molecule has 1 fully saturated rings. The summed E-state index contributed by atoms with van der Waals surface area (Å²) in [6.45, 7) is 1.61. The summed E-state index contributed by atoms with van der Waals surface area (Å²) >= 11 is 0. The van der Waals surface area contributed by atoms with Gasteiger partial charge in [0.1, 0.15) is 6.10 Å². The van der Waals surface area contributed by atoms with Gasteiger partial charge in [-0.05, 0) is 0 Å². The first-order valence-corrected chi connectivity index (χ1v) is 7.43. The molecule has 85 valence electrons. The normalized spacial score (nSPS) is 33.5. The van der Waals surface area contributed by atoms with Gasteiger partial charge in [0.05, 0.1) is 12.4 Å². The molecule has 1 heterocycles. The van der Waals surface area contributed by atoms with Crippen molar-refractivity contribution in [3.63, 3.8) is 0 Å². The molecule has 0 bridgehead atoms. The highest BCUT2D eigenvalue weighted by Gasteiger charge is 2.41. The minimum Gasteiger partial charge on any atom is -0.314 e. The van der Waals surface area contributed by atoms with Gasteiger partial charge in [0.25, 0.3) is 0 Å². The van der Waals surface area contributed by atoms with Gasteiger partial charge in [0.15, 0.2) is 9.84 Å². The van der Waals surface area contributed by atoms with Crippen molar-refractivity contribution in [2.45, 2.75) is 13.0 Å². The summed E-state index contributed by atoms with van der Waals surface area (Å²) in [6, 6.07) is 0. The summed E-state index contributed by atoms with van der Waals surface area (Å²) in [5.41, 5.74) is 0. The van der Waals surface area contributed by atoms with E-state index in [0.29, 0.717) is 0 Å². The van der Waals surface area contributed by atoms with Crippen LogP contribution in [-0.4, -0.2) is 44.6 Å². The predicted octanol–water partition coefficient (Wildman–Crippen LogP) is 0.153. The van der Waals surface area contributed by atoms with Gasteiger partial charge in [-0.25, -0.2) is 8.42 Å². The Balaban J connectivity index is 2.52. The Morgan fingerprint density at radius 2 is 2.29 bits per heavy atom. The van der Waals surface area contributed by atoms with E-state index in [1.807, 2.05) is 0 Å². The van der Waals surface area contributed by atoms with Crippen molar-refractivity contribution in [3.05, 3.63) is 0 Å². The Labute approximate surface area is 83.7 Å². The average Bonchev–Trinajstić information content (AvgIpc) is 2.48. The Kier molecular flexibility index (Phi) is 3.85. The van der Waals surface area contributed by atoms with Crippen molar-refractivity contribution in [1.29, 1.82) is 0 Å². The van der Waals surface area contributed by atoms with Gasteiger partial charge in [-0.1, -0.05) is 6.92 Å². The third-order valence-corrected chi connectivity index (χ3v) is 5.08. The highest BCUT2D eigenvalue weighted by molar-refractivity contribution is 7.91. The van der Waals surface area contributed by atoms with Gasteiger partial charge < -0.3 is 9.42 Å². The molecule has 2 unspecified atom stereocenters. The van der Waals surface area contributed by atoms with E-state index in [0.717, 1.165) is 0 Å². The fraction of sp³-hybridized carbons (Fsp3) is 1.00. The monoisotopic (exact) mass is 245 g/mol. The molecule has 1 aliphatic rings. The summed E-state index contributed by atoms with van der Waals surface area (Å²) in [4.78, 5) is 9.39. The van der Waals surface area contributed by atoms with E-state index in [1.165, 1.54) is 7.11 Å². The van der Waals surface area contributed by atoms with Crippen LogP contribution in [0, 0.1) is 0 Å². The number of sulfone groups is 1. The van der Waals surface area contributed by atoms with Crippen LogP contribution >= 0.6 is 8.17 Å². The molecule has 0 aromatic heterocycles. The smallest absolute Gasteiger partial charge is 0.314 e. The maximum absolute atomic E-state index is 11.2. The maximum Gasteiger partial charge on any atom is 0.377 e. The van der Waals surface area contributed by atoms with Crippen LogP contribution in [0.4, 0.5) is 0 Å². The molecular formula is C6H14O6PS. The van der Waals surface area contributed by atoms with Gasteiger partial charge >= 0.3 is 8.17 Å². The summed E-state index contributed by atoms with van der Waals surface area (Å²) in [6.07, 6.45) is -0.627. The van der Waals surface area contributed by atoms with Crippen LogP contribution in [0.1, 0.15) is 6.92 Å². The number of hydrogen-bond donors (Lipinski definition) is 1. The molecule has 1 saturated heterocycles. The molecule has 2 atom stereocenters. The molecule has 1 rings (SSSR count). The largest absolute Gasteiger partial charge is 0.377 e. The lowest BCUT2D eigenvalue weighted by Crippen LogP contribution is -2.23. The Hall–Kier alpha value is 0.220. The van der Waals surface area contributed by atoms with Crippen LogP contribution in [0.2, 0.25) is 0 Å². The summed E-state index contributed by atoms with van der Waals surface area (Å²) in [7, 11) is -5.08. The topological polar surface area (TPSA) is 82.1 Å². The van der Waals surface area contributed by atoms with Crippen LogP contribution in [0.3, 0.4) is 0 Å². The van der Waals surface area contributed by atoms with Crippen molar-refractivity contribution in [2.75, 3.05) is 25.2 Å². The first-order valence-electron chi connectivity index (χ1n) is 4.11. The first kappa shape index (κ1) is 12.3. The lowest BCUT2D eigenvalue weighted by molar-refractivity contribution is 0.172. The molecule has 0 aromatic carbocycles. The second kappa shape index (κ2) is 4.38. The zero-order chi connectivity index (χ0) is 10.8. The number of hydrogen-bond acceptors (Lipinski definition) is 6. The SMILES string of the molecule is CCS(=O)(=O)CC1CO[P](O)(OC)O1. The average molecular weight is 245 g/mol. The first-order chi connectivity index (χ1) is 6.41. The Bertz CT molecular complexity index is 291. The molecule has 1 N–H and O–H groups in total. The van der Waals surface area contributed by atoms with Crippen molar-refractivity contribution in [3.8, 4) is 0 Å². The summed E-state index contributed by atoms with van der Waals surface area (Å²) in [5, 5.41) is 0. The van der Waals surface area contributed by atoms with E-state index in [2.05, 4.69) is 4.52 Å². The van der Waals surface area contributed by atoms with Crippen molar-refractivity contribution >= 4 is 18.0 Å². The minimum atomic E-state index is -3.22. The summed E-state index contributed by atoms with van der Waals surface area (Å²) in [5.74, 6) is -0.0914. The van der Waals surface area contributed by atoms with Crippen LogP contribution in [-0.2, 0) is 23.4 Å². The van der Waals surface area contributed by atoms with Gasteiger partial charge in [0.2, 0.25) is 0 Å². The molecule has 0 aromatic rings. The van der Waals surface area contributed by atoms with Crippen LogP contribution in [0.5, 0.6) is 0 Å².